The number of aromatic hydroxyl groups is 3. The Morgan fingerprint density at radius 1 is 0.595 bits per heavy atom. The predicted molar refractivity (Wildman–Crippen MR) is 141 cm³/mol. The summed E-state index contributed by atoms with van der Waals surface area (Å²) in [5.41, 5.74) is 2.67. The van der Waals surface area contributed by atoms with Crippen molar-refractivity contribution in [3.8, 4) is 34.5 Å². The van der Waals surface area contributed by atoms with E-state index < -0.39 is 12.2 Å². The number of hydrogen-bond donors (Lipinski definition) is 4. The molecule has 190 valence electrons. The Kier molecular flexibility index (Phi) is 7.86. The molecule has 0 aliphatic heterocycles. The van der Waals surface area contributed by atoms with Gasteiger partial charge in [0, 0.05) is 0 Å². The largest absolute Gasteiger partial charge is 0.504 e. The Labute approximate surface area is 215 Å². The summed E-state index contributed by atoms with van der Waals surface area (Å²) in [7, 11) is 3.17. The van der Waals surface area contributed by atoms with Crippen LogP contribution in [0, 0.1) is 0 Å². The molecule has 0 aromatic heterocycles. The third-order valence-corrected chi connectivity index (χ3v) is 5.89. The Balaban J connectivity index is 1.60. The van der Waals surface area contributed by atoms with Crippen molar-refractivity contribution in [2.75, 3.05) is 14.2 Å². The number of aliphatic hydroxyl groups is 1. The molecule has 2 unspecified atom stereocenters. The van der Waals surface area contributed by atoms with E-state index in [1.807, 2.05) is 36.4 Å². The van der Waals surface area contributed by atoms with Crippen LogP contribution in [-0.2, 0) is 0 Å². The van der Waals surface area contributed by atoms with Crippen LogP contribution in [0.4, 0.5) is 0 Å². The Hall–Kier alpha value is -4.62. The number of phenols is 3. The maximum absolute atomic E-state index is 11.2. The first-order valence-corrected chi connectivity index (χ1v) is 11.5. The fraction of sp³-hybridized carbons (Fsp3) is 0.133. The minimum absolute atomic E-state index is 0.101. The highest BCUT2D eigenvalue weighted by Gasteiger charge is 2.27. The van der Waals surface area contributed by atoms with Gasteiger partial charge in [-0.2, -0.15) is 0 Å². The van der Waals surface area contributed by atoms with E-state index in [4.69, 9.17) is 14.2 Å². The summed E-state index contributed by atoms with van der Waals surface area (Å²) in [5.74, 6) is 0.817. The molecule has 0 aliphatic rings. The first kappa shape index (κ1) is 25.5. The van der Waals surface area contributed by atoms with Gasteiger partial charge in [-0.3, -0.25) is 0 Å². The fourth-order valence-electron chi connectivity index (χ4n) is 3.79. The van der Waals surface area contributed by atoms with Crippen LogP contribution in [0.1, 0.15) is 34.5 Å². The van der Waals surface area contributed by atoms with E-state index in [0.717, 1.165) is 16.9 Å². The summed E-state index contributed by atoms with van der Waals surface area (Å²) < 4.78 is 16.5. The SMILES string of the molecule is COc1ccc(/C=C/c2ccc(OC(c3ccc(OC)cc3)C(O)c3ccc(O)c(O)c3)c(O)c2)cc1. The first-order valence-electron chi connectivity index (χ1n) is 11.5. The topological polar surface area (TPSA) is 109 Å². The van der Waals surface area contributed by atoms with Crippen molar-refractivity contribution < 1.29 is 34.6 Å². The molecule has 4 rings (SSSR count). The van der Waals surface area contributed by atoms with Gasteiger partial charge in [0.15, 0.2) is 29.1 Å². The van der Waals surface area contributed by atoms with Crippen LogP contribution >= 0.6 is 0 Å². The number of ether oxygens (including phenoxy) is 3. The van der Waals surface area contributed by atoms with E-state index >= 15 is 0 Å². The van der Waals surface area contributed by atoms with E-state index in [-0.39, 0.29) is 23.0 Å². The second-order valence-electron chi connectivity index (χ2n) is 8.34. The van der Waals surface area contributed by atoms with Crippen molar-refractivity contribution in [3.05, 3.63) is 107 Å². The molecular weight excluding hydrogens is 472 g/mol. The smallest absolute Gasteiger partial charge is 0.162 e. The third kappa shape index (κ3) is 6.15. The van der Waals surface area contributed by atoms with E-state index in [1.54, 1.807) is 56.7 Å². The van der Waals surface area contributed by atoms with Gasteiger partial charge in [0.1, 0.15) is 17.6 Å². The number of benzene rings is 4. The molecule has 7 heteroatoms. The molecule has 0 radical (unpaired) electrons. The zero-order valence-corrected chi connectivity index (χ0v) is 20.4. The minimum Gasteiger partial charge on any atom is -0.504 e. The Bertz CT molecular complexity index is 1360. The maximum Gasteiger partial charge on any atom is 0.162 e. The van der Waals surface area contributed by atoms with Crippen molar-refractivity contribution >= 4 is 12.2 Å². The summed E-state index contributed by atoms with van der Waals surface area (Å²) in [4.78, 5) is 0. The van der Waals surface area contributed by atoms with Crippen molar-refractivity contribution in [3.63, 3.8) is 0 Å². The molecule has 0 heterocycles. The average Bonchev–Trinajstić information content (AvgIpc) is 2.93. The molecule has 4 aromatic rings. The van der Waals surface area contributed by atoms with E-state index in [9.17, 15) is 20.4 Å². The van der Waals surface area contributed by atoms with Crippen LogP contribution in [0.3, 0.4) is 0 Å². The number of rotatable bonds is 9. The van der Waals surface area contributed by atoms with Crippen LogP contribution in [0.25, 0.3) is 12.2 Å². The van der Waals surface area contributed by atoms with E-state index in [1.165, 1.54) is 18.2 Å². The summed E-state index contributed by atoms with van der Waals surface area (Å²) >= 11 is 0. The summed E-state index contributed by atoms with van der Waals surface area (Å²) in [5, 5.41) is 41.5. The highest BCUT2D eigenvalue weighted by atomic mass is 16.5. The minimum atomic E-state index is -1.23. The number of methoxy groups -OCH3 is 2. The van der Waals surface area contributed by atoms with Crippen LogP contribution in [-0.4, -0.2) is 34.6 Å². The summed E-state index contributed by atoms with van der Waals surface area (Å²) in [6, 6.07) is 23.6. The molecule has 0 saturated heterocycles. The fourth-order valence-corrected chi connectivity index (χ4v) is 3.79. The van der Waals surface area contributed by atoms with Gasteiger partial charge in [-0.25, -0.2) is 0 Å². The molecule has 37 heavy (non-hydrogen) atoms. The Morgan fingerprint density at radius 2 is 1.16 bits per heavy atom. The van der Waals surface area contributed by atoms with Gasteiger partial charge in [0.2, 0.25) is 0 Å². The molecule has 4 aromatic carbocycles. The van der Waals surface area contributed by atoms with Crippen molar-refractivity contribution in [1.29, 1.82) is 0 Å². The number of phenolic OH excluding ortho intramolecular Hbond substituents is 3. The zero-order valence-electron chi connectivity index (χ0n) is 20.4. The van der Waals surface area contributed by atoms with Crippen LogP contribution < -0.4 is 14.2 Å². The molecule has 0 bridgehead atoms. The second kappa shape index (κ2) is 11.4. The number of hydrogen-bond acceptors (Lipinski definition) is 7. The van der Waals surface area contributed by atoms with Gasteiger partial charge < -0.3 is 34.6 Å². The summed E-state index contributed by atoms with van der Waals surface area (Å²) in [6.45, 7) is 0. The van der Waals surface area contributed by atoms with Crippen LogP contribution in [0.2, 0.25) is 0 Å². The van der Waals surface area contributed by atoms with E-state index in [2.05, 4.69) is 0 Å². The van der Waals surface area contributed by atoms with Crippen LogP contribution in [0.5, 0.6) is 34.5 Å². The maximum atomic E-state index is 11.2. The monoisotopic (exact) mass is 500 g/mol. The quantitative estimate of drug-likeness (QED) is 0.169. The van der Waals surface area contributed by atoms with Gasteiger partial charge in [0.25, 0.3) is 0 Å². The molecule has 0 aliphatic carbocycles. The van der Waals surface area contributed by atoms with Crippen molar-refractivity contribution in [1.82, 2.24) is 0 Å². The van der Waals surface area contributed by atoms with E-state index in [0.29, 0.717) is 16.9 Å². The molecule has 0 fully saturated rings. The molecule has 4 N–H and O–H groups in total. The second-order valence-corrected chi connectivity index (χ2v) is 8.34. The van der Waals surface area contributed by atoms with Gasteiger partial charge in [-0.15, -0.1) is 0 Å². The molecule has 0 saturated carbocycles. The molecule has 2 atom stereocenters. The summed E-state index contributed by atoms with van der Waals surface area (Å²) in [6.07, 6.45) is 1.60. The third-order valence-electron chi connectivity index (χ3n) is 5.89. The van der Waals surface area contributed by atoms with Gasteiger partial charge in [0.05, 0.1) is 14.2 Å². The highest BCUT2D eigenvalue weighted by molar-refractivity contribution is 5.71. The van der Waals surface area contributed by atoms with Crippen molar-refractivity contribution in [2.24, 2.45) is 0 Å². The average molecular weight is 501 g/mol. The molecule has 0 amide bonds. The predicted octanol–water partition coefficient (Wildman–Crippen LogP) is 5.84. The molecule has 0 spiro atoms. The number of aliphatic hydroxyl groups excluding tert-OH is 1. The molecular formula is C30H28O7. The van der Waals surface area contributed by atoms with Gasteiger partial charge in [-0.05, 0) is 70.8 Å². The lowest BCUT2D eigenvalue weighted by Gasteiger charge is -2.26. The highest BCUT2D eigenvalue weighted by Crippen LogP contribution is 2.39. The van der Waals surface area contributed by atoms with Gasteiger partial charge in [-0.1, -0.05) is 48.6 Å². The molecule has 7 nitrogen and oxygen atoms in total. The first-order chi connectivity index (χ1) is 17.9. The van der Waals surface area contributed by atoms with Gasteiger partial charge >= 0.3 is 0 Å². The van der Waals surface area contributed by atoms with Crippen molar-refractivity contribution in [2.45, 2.75) is 12.2 Å². The zero-order chi connectivity index (χ0) is 26.4. The Morgan fingerprint density at radius 3 is 1.76 bits per heavy atom. The normalized spacial score (nSPS) is 12.7. The lowest BCUT2D eigenvalue weighted by Crippen LogP contribution is -2.17. The lowest BCUT2D eigenvalue weighted by molar-refractivity contribution is 0.0326. The van der Waals surface area contributed by atoms with Crippen LogP contribution in [0.15, 0.2) is 84.9 Å². The standard InChI is InChI=1S/C30H28O7/c1-35-23-11-5-19(6-12-23)3-4-20-7-16-28(27(33)17-20)37-30(21-8-13-24(36-2)14-9-21)29(34)22-10-15-25(31)26(32)18-22/h3-18,29-34H,1-2H3/b4-3+. The lowest BCUT2D eigenvalue weighted by atomic mass is 9.97.